The molecule has 0 fully saturated rings. The second-order valence-electron chi connectivity index (χ2n) is 4.19. The average Bonchev–Trinajstić information content (AvgIpc) is 2.49. The Kier molecular flexibility index (Phi) is 4.03. The number of nitriles is 2. The monoisotopic (exact) mass is 277 g/mol. The van der Waals surface area contributed by atoms with Gasteiger partial charge in [-0.15, -0.1) is 0 Å². The molecule has 0 heterocycles. The molecule has 0 aliphatic rings. The number of rotatable bonds is 2. The van der Waals surface area contributed by atoms with Gasteiger partial charge in [-0.3, -0.25) is 0 Å². The van der Waals surface area contributed by atoms with E-state index in [2.05, 4.69) is 10.6 Å². The van der Waals surface area contributed by atoms with Gasteiger partial charge in [0.15, 0.2) is 0 Å². The number of amides is 2. The van der Waals surface area contributed by atoms with Crippen molar-refractivity contribution in [2.45, 2.75) is 0 Å². The number of hydrogen-bond acceptors (Lipinski definition) is 4. The third-order valence-electron chi connectivity index (χ3n) is 2.68. The minimum absolute atomic E-state index is 0.301. The lowest BCUT2D eigenvalue weighted by atomic mass is 10.2. The molecule has 0 bridgehead atoms. The molecule has 6 heteroatoms. The first-order chi connectivity index (χ1) is 10.1. The van der Waals surface area contributed by atoms with Gasteiger partial charge in [-0.05, 0) is 36.4 Å². The summed E-state index contributed by atoms with van der Waals surface area (Å²) in [4.78, 5) is 11.9. The summed E-state index contributed by atoms with van der Waals surface area (Å²) in [6.07, 6.45) is 0. The Hall–Kier alpha value is -3.51. The number of carbonyl (C=O) groups excluding carboxylic acids is 1. The van der Waals surface area contributed by atoms with E-state index in [1.165, 1.54) is 6.07 Å². The van der Waals surface area contributed by atoms with E-state index in [4.69, 9.17) is 16.3 Å². The first-order valence-corrected chi connectivity index (χ1v) is 6.00. The van der Waals surface area contributed by atoms with Crippen LogP contribution in [0, 0.1) is 22.7 Å². The molecule has 2 aromatic carbocycles. The van der Waals surface area contributed by atoms with E-state index < -0.39 is 6.03 Å². The highest BCUT2D eigenvalue weighted by molar-refractivity contribution is 6.01. The van der Waals surface area contributed by atoms with Crippen LogP contribution in [0.4, 0.5) is 21.9 Å². The minimum atomic E-state index is -0.485. The van der Waals surface area contributed by atoms with Gasteiger partial charge < -0.3 is 16.4 Å². The van der Waals surface area contributed by atoms with Crippen molar-refractivity contribution in [3.63, 3.8) is 0 Å². The van der Waals surface area contributed by atoms with Crippen molar-refractivity contribution < 1.29 is 4.79 Å². The summed E-state index contributed by atoms with van der Waals surface area (Å²) in [5.74, 6) is 0. The zero-order chi connectivity index (χ0) is 15.2. The van der Waals surface area contributed by atoms with Crippen LogP contribution in [0.3, 0.4) is 0 Å². The molecule has 0 aliphatic carbocycles. The molecule has 102 valence electrons. The van der Waals surface area contributed by atoms with Gasteiger partial charge in [0, 0.05) is 5.69 Å². The molecule has 0 atom stereocenters. The second-order valence-corrected chi connectivity index (χ2v) is 4.19. The Bertz CT molecular complexity index is 770. The highest BCUT2D eigenvalue weighted by Gasteiger charge is 2.06. The topological polar surface area (TPSA) is 115 Å². The number of carbonyl (C=O) groups is 1. The minimum Gasteiger partial charge on any atom is -0.397 e. The number of nitrogens with zero attached hydrogens (tertiary/aromatic N) is 2. The summed E-state index contributed by atoms with van der Waals surface area (Å²) in [7, 11) is 0. The fourth-order valence-corrected chi connectivity index (χ4v) is 1.70. The average molecular weight is 277 g/mol. The van der Waals surface area contributed by atoms with Crippen LogP contribution in [0.2, 0.25) is 0 Å². The molecule has 6 nitrogen and oxygen atoms in total. The normalized spacial score (nSPS) is 9.24. The van der Waals surface area contributed by atoms with Crippen LogP contribution < -0.4 is 16.4 Å². The third-order valence-corrected chi connectivity index (χ3v) is 2.68. The molecule has 0 saturated carbocycles. The maximum Gasteiger partial charge on any atom is 0.323 e. The number of benzene rings is 2. The summed E-state index contributed by atoms with van der Waals surface area (Å²) >= 11 is 0. The van der Waals surface area contributed by atoms with Crippen LogP contribution in [-0.4, -0.2) is 6.03 Å². The molecular weight excluding hydrogens is 266 g/mol. The molecule has 4 N–H and O–H groups in total. The Morgan fingerprint density at radius 1 is 1.00 bits per heavy atom. The van der Waals surface area contributed by atoms with Gasteiger partial charge in [0.05, 0.1) is 34.6 Å². The van der Waals surface area contributed by atoms with Crippen molar-refractivity contribution in [2.24, 2.45) is 0 Å². The largest absolute Gasteiger partial charge is 0.397 e. The number of nitrogens with one attached hydrogen (secondary N) is 2. The van der Waals surface area contributed by atoms with Crippen LogP contribution in [0.5, 0.6) is 0 Å². The lowest BCUT2D eigenvalue weighted by Crippen LogP contribution is -2.20. The lowest BCUT2D eigenvalue weighted by Gasteiger charge is -2.10. The summed E-state index contributed by atoms with van der Waals surface area (Å²) in [5, 5.41) is 22.7. The van der Waals surface area contributed by atoms with Gasteiger partial charge >= 0.3 is 6.03 Å². The van der Waals surface area contributed by atoms with Gasteiger partial charge in [0.25, 0.3) is 0 Å². The van der Waals surface area contributed by atoms with Crippen molar-refractivity contribution >= 4 is 23.1 Å². The number of anilines is 3. The summed E-state index contributed by atoms with van der Waals surface area (Å²) in [5.41, 5.74) is 7.82. The Balaban J connectivity index is 2.08. The number of urea groups is 1. The van der Waals surface area contributed by atoms with Crippen molar-refractivity contribution in [3.05, 3.63) is 53.6 Å². The Morgan fingerprint density at radius 2 is 1.71 bits per heavy atom. The van der Waals surface area contributed by atoms with E-state index in [1.807, 2.05) is 12.1 Å². The van der Waals surface area contributed by atoms with E-state index in [-0.39, 0.29) is 0 Å². The first kappa shape index (κ1) is 13.9. The smallest absolute Gasteiger partial charge is 0.323 e. The number of nitrogens with two attached hydrogens (primary N) is 1. The van der Waals surface area contributed by atoms with Gasteiger partial charge in [-0.1, -0.05) is 6.07 Å². The van der Waals surface area contributed by atoms with E-state index in [0.29, 0.717) is 28.2 Å². The molecule has 0 aliphatic heterocycles. The predicted molar refractivity (Wildman–Crippen MR) is 79.4 cm³/mol. The SMILES string of the molecule is N#Cc1cccc(NC(=O)Nc2ccc(C#N)cc2N)c1. The molecule has 21 heavy (non-hydrogen) atoms. The van der Waals surface area contributed by atoms with Crippen molar-refractivity contribution in [2.75, 3.05) is 16.4 Å². The van der Waals surface area contributed by atoms with E-state index in [9.17, 15) is 4.79 Å². The van der Waals surface area contributed by atoms with E-state index in [0.717, 1.165) is 0 Å². The Morgan fingerprint density at radius 3 is 2.38 bits per heavy atom. The second kappa shape index (κ2) is 6.09. The van der Waals surface area contributed by atoms with E-state index in [1.54, 1.807) is 36.4 Å². The summed E-state index contributed by atoms with van der Waals surface area (Å²) < 4.78 is 0. The van der Waals surface area contributed by atoms with Crippen LogP contribution >= 0.6 is 0 Å². The van der Waals surface area contributed by atoms with Crippen LogP contribution in [-0.2, 0) is 0 Å². The quantitative estimate of drug-likeness (QED) is 0.732. The molecule has 0 unspecified atom stereocenters. The maximum atomic E-state index is 11.9. The molecule has 2 amide bonds. The van der Waals surface area contributed by atoms with Crippen molar-refractivity contribution in [3.8, 4) is 12.1 Å². The molecule has 2 rings (SSSR count). The lowest BCUT2D eigenvalue weighted by molar-refractivity contribution is 0.262. The maximum absolute atomic E-state index is 11.9. The molecule has 0 spiro atoms. The summed E-state index contributed by atoms with van der Waals surface area (Å²) in [6.45, 7) is 0. The zero-order valence-corrected chi connectivity index (χ0v) is 10.9. The first-order valence-electron chi connectivity index (χ1n) is 6.00. The molecule has 0 radical (unpaired) electrons. The molecule has 0 saturated heterocycles. The standard InChI is InChI=1S/C15H11N5O/c16-8-10-2-1-3-12(6-10)19-15(21)20-14-5-4-11(9-17)7-13(14)18/h1-7H,18H2,(H2,19,20,21). The van der Waals surface area contributed by atoms with Gasteiger partial charge in [0.2, 0.25) is 0 Å². The predicted octanol–water partition coefficient (Wildman–Crippen LogP) is 2.66. The fraction of sp³-hybridized carbons (Fsp3) is 0. The van der Waals surface area contributed by atoms with Crippen LogP contribution in [0.25, 0.3) is 0 Å². The fourth-order valence-electron chi connectivity index (χ4n) is 1.70. The van der Waals surface area contributed by atoms with Crippen molar-refractivity contribution in [1.82, 2.24) is 0 Å². The zero-order valence-electron chi connectivity index (χ0n) is 10.9. The van der Waals surface area contributed by atoms with E-state index >= 15 is 0 Å². The summed E-state index contributed by atoms with van der Waals surface area (Å²) in [6, 6.07) is 14.6. The van der Waals surface area contributed by atoms with Crippen molar-refractivity contribution in [1.29, 1.82) is 10.5 Å². The highest BCUT2D eigenvalue weighted by atomic mass is 16.2. The van der Waals surface area contributed by atoms with Gasteiger partial charge in [-0.25, -0.2) is 4.79 Å². The molecule has 2 aromatic rings. The Labute approximate surface area is 121 Å². The van der Waals surface area contributed by atoms with Gasteiger partial charge in [0.1, 0.15) is 0 Å². The molecule has 0 aromatic heterocycles. The third kappa shape index (κ3) is 3.49. The number of hydrogen-bond donors (Lipinski definition) is 3. The highest BCUT2D eigenvalue weighted by Crippen LogP contribution is 2.20. The molecular formula is C15H11N5O. The van der Waals surface area contributed by atoms with Crippen LogP contribution in [0.1, 0.15) is 11.1 Å². The van der Waals surface area contributed by atoms with Crippen LogP contribution in [0.15, 0.2) is 42.5 Å². The number of nitrogen functional groups attached to an aromatic ring is 1. The van der Waals surface area contributed by atoms with Gasteiger partial charge in [-0.2, -0.15) is 10.5 Å².